The molecule has 0 spiro atoms. The first-order valence-corrected chi connectivity index (χ1v) is 7.15. The van der Waals surface area contributed by atoms with Gasteiger partial charge in [0.2, 0.25) is 0 Å². The quantitative estimate of drug-likeness (QED) is 0.606. The average molecular weight is 290 g/mol. The topological polar surface area (TPSA) is 49.6 Å². The normalized spacial score (nSPS) is 13.0. The molecule has 116 valence electrons. The molecule has 0 saturated carbocycles. The molecule has 5 nitrogen and oxygen atoms in total. The first kappa shape index (κ1) is 17.2. The molecule has 0 bridgehead atoms. The van der Waals surface area contributed by atoms with Crippen LogP contribution >= 0.6 is 0 Å². The number of amides is 1. The highest BCUT2D eigenvalue weighted by Crippen LogP contribution is 1.96. The summed E-state index contributed by atoms with van der Waals surface area (Å²) in [5.41, 5.74) is 1.47. The van der Waals surface area contributed by atoms with Crippen molar-refractivity contribution in [1.29, 1.82) is 0 Å². The molecule has 0 aliphatic rings. The molecule has 0 unspecified atom stereocenters. The van der Waals surface area contributed by atoms with Gasteiger partial charge in [0.25, 0.3) is 5.91 Å². The van der Waals surface area contributed by atoms with Gasteiger partial charge in [-0.25, -0.2) is 0 Å². The summed E-state index contributed by atoms with van der Waals surface area (Å²) in [5, 5.41) is 4.66. The smallest absolute Gasteiger partial charge is 0.267 e. The summed E-state index contributed by atoms with van der Waals surface area (Å²) in [7, 11) is 5.91. The van der Waals surface area contributed by atoms with Gasteiger partial charge in [-0.1, -0.05) is 6.58 Å². The number of carbonyl (C=O) groups excluding carboxylic acids is 1. The number of aromatic nitrogens is 1. The molecule has 0 aliphatic heterocycles. The first-order valence-electron chi connectivity index (χ1n) is 7.15. The summed E-state index contributed by atoms with van der Waals surface area (Å²) in [5.74, 6) is -0.0688. The molecule has 0 saturated heterocycles. The van der Waals surface area contributed by atoms with Gasteiger partial charge in [0.1, 0.15) is 5.69 Å². The fraction of sp³-hybridized carbons (Fsp3) is 0.500. The zero-order chi connectivity index (χ0) is 16.0. The lowest BCUT2D eigenvalue weighted by atomic mass is 10.3. The fourth-order valence-corrected chi connectivity index (χ4v) is 2.30. The Morgan fingerprint density at radius 2 is 2.19 bits per heavy atom. The van der Waals surface area contributed by atoms with Crippen LogP contribution in [0.25, 0.3) is 12.3 Å². The van der Waals surface area contributed by atoms with E-state index in [1.165, 1.54) is 0 Å². The second kappa shape index (κ2) is 7.78. The van der Waals surface area contributed by atoms with Crippen LogP contribution in [0.2, 0.25) is 0 Å². The van der Waals surface area contributed by atoms with Crippen molar-refractivity contribution in [1.82, 2.24) is 14.8 Å². The lowest BCUT2D eigenvalue weighted by Crippen LogP contribution is -2.32. The fourth-order valence-electron chi connectivity index (χ4n) is 2.30. The Kier molecular flexibility index (Phi) is 6.37. The van der Waals surface area contributed by atoms with Crippen molar-refractivity contribution in [2.24, 2.45) is 12.0 Å². The third-order valence-corrected chi connectivity index (χ3v) is 3.28. The average Bonchev–Trinajstić information content (AvgIpc) is 2.70. The maximum absolute atomic E-state index is 12.2. The van der Waals surface area contributed by atoms with E-state index in [-0.39, 0.29) is 5.91 Å². The van der Waals surface area contributed by atoms with E-state index in [2.05, 4.69) is 21.8 Å². The Labute approximate surface area is 126 Å². The number of hydrogen-bond acceptors (Lipinski definition) is 3. The van der Waals surface area contributed by atoms with E-state index in [0.29, 0.717) is 12.2 Å². The molecule has 5 heteroatoms. The second-order valence-electron chi connectivity index (χ2n) is 5.35. The van der Waals surface area contributed by atoms with Gasteiger partial charge in [0, 0.05) is 19.8 Å². The van der Waals surface area contributed by atoms with Crippen molar-refractivity contribution < 1.29 is 4.79 Å². The Morgan fingerprint density at radius 3 is 2.76 bits per heavy atom. The van der Waals surface area contributed by atoms with E-state index >= 15 is 0 Å². The van der Waals surface area contributed by atoms with Gasteiger partial charge >= 0.3 is 0 Å². The molecule has 0 aromatic carbocycles. The Bertz CT molecular complexity index is 625. The van der Waals surface area contributed by atoms with Crippen molar-refractivity contribution in [3.8, 4) is 0 Å². The van der Waals surface area contributed by atoms with Crippen LogP contribution in [-0.2, 0) is 7.05 Å². The largest absolute Gasteiger partial charge is 0.351 e. The predicted molar refractivity (Wildman–Crippen MR) is 88.9 cm³/mol. The number of rotatable bonds is 6. The minimum atomic E-state index is -0.0688. The summed E-state index contributed by atoms with van der Waals surface area (Å²) in [4.78, 5) is 18.6. The molecule has 0 fully saturated rings. The van der Waals surface area contributed by atoms with Crippen LogP contribution < -0.4 is 15.9 Å². The van der Waals surface area contributed by atoms with Gasteiger partial charge in [0.15, 0.2) is 0 Å². The molecule has 0 aliphatic carbocycles. The molecule has 1 aromatic heterocycles. The molecule has 1 aromatic rings. The lowest BCUT2D eigenvalue weighted by Gasteiger charge is -2.10. The maximum Gasteiger partial charge on any atom is 0.267 e. The van der Waals surface area contributed by atoms with Crippen LogP contribution in [-0.4, -0.2) is 48.8 Å². The number of nitrogens with zero attached hydrogens (tertiary/aromatic N) is 3. The SMILES string of the molecule is C=c1cc(C(=O)NCCCN(C)C)n(C)/c1=C(C)/N=C\C. The van der Waals surface area contributed by atoms with Crippen LogP contribution in [0.15, 0.2) is 11.1 Å². The highest BCUT2D eigenvalue weighted by Gasteiger charge is 2.11. The Morgan fingerprint density at radius 1 is 1.52 bits per heavy atom. The summed E-state index contributed by atoms with van der Waals surface area (Å²) < 4.78 is 1.85. The van der Waals surface area contributed by atoms with E-state index in [0.717, 1.165) is 29.2 Å². The summed E-state index contributed by atoms with van der Waals surface area (Å²) >= 11 is 0. The van der Waals surface area contributed by atoms with Crippen LogP contribution in [0.1, 0.15) is 30.8 Å². The maximum atomic E-state index is 12.2. The monoisotopic (exact) mass is 290 g/mol. The van der Waals surface area contributed by atoms with Crippen molar-refractivity contribution in [2.45, 2.75) is 20.3 Å². The summed E-state index contributed by atoms with van der Waals surface area (Å²) in [6.45, 7) is 9.42. The molecule has 1 N–H and O–H groups in total. The standard InChI is InChI=1S/C16H26N4O/c1-7-17-13(3)15-12(2)11-14(20(15)6)16(21)18-9-8-10-19(4)5/h7,11H,2,8-10H2,1,3-6H3,(H,18,21)/b15-13+,17-7-. The van der Waals surface area contributed by atoms with E-state index in [1.54, 1.807) is 6.21 Å². The highest BCUT2D eigenvalue weighted by atomic mass is 16.1. The molecule has 0 atom stereocenters. The number of hydrogen-bond donors (Lipinski definition) is 1. The molecular weight excluding hydrogens is 264 g/mol. The van der Waals surface area contributed by atoms with Crippen LogP contribution in [0.3, 0.4) is 0 Å². The molecule has 21 heavy (non-hydrogen) atoms. The summed E-state index contributed by atoms with van der Waals surface area (Å²) in [6, 6.07) is 1.81. The first-order chi connectivity index (χ1) is 9.88. The van der Waals surface area contributed by atoms with Gasteiger partial charge in [-0.05, 0) is 52.2 Å². The summed E-state index contributed by atoms with van der Waals surface area (Å²) in [6.07, 6.45) is 2.67. The third kappa shape index (κ3) is 4.56. The molecule has 0 radical (unpaired) electrons. The predicted octanol–water partition coefficient (Wildman–Crippen LogP) is 0.336. The van der Waals surface area contributed by atoms with Gasteiger partial charge in [0.05, 0.1) is 11.0 Å². The van der Waals surface area contributed by atoms with Crippen molar-refractivity contribution >= 4 is 24.4 Å². The number of aliphatic imine (C=N–C) groups is 1. The van der Waals surface area contributed by atoms with E-state index in [9.17, 15) is 4.79 Å². The molecule has 1 amide bonds. The van der Waals surface area contributed by atoms with Gasteiger partial charge in [-0.2, -0.15) is 0 Å². The Balaban J connectivity index is 2.91. The molecule has 1 rings (SSSR count). The lowest BCUT2D eigenvalue weighted by molar-refractivity contribution is 0.0944. The minimum absolute atomic E-state index is 0.0688. The Hall–Kier alpha value is -1.88. The van der Waals surface area contributed by atoms with Crippen LogP contribution in [0, 0.1) is 0 Å². The van der Waals surface area contributed by atoms with Gasteiger partial charge < -0.3 is 14.8 Å². The zero-order valence-corrected chi connectivity index (χ0v) is 13.7. The van der Waals surface area contributed by atoms with E-state index in [1.807, 2.05) is 45.6 Å². The zero-order valence-electron chi connectivity index (χ0n) is 13.7. The van der Waals surface area contributed by atoms with Crippen LogP contribution in [0.4, 0.5) is 0 Å². The number of carbonyl (C=O) groups is 1. The van der Waals surface area contributed by atoms with E-state index < -0.39 is 0 Å². The van der Waals surface area contributed by atoms with Gasteiger partial charge in [-0.15, -0.1) is 0 Å². The van der Waals surface area contributed by atoms with Crippen molar-refractivity contribution in [2.75, 3.05) is 27.2 Å². The van der Waals surface area contributed by atoms with Crippen molar-refractivity contribution in [3.05, 3.63) is 22.3 Å². The molecular formula is C16H26N4O. The third-order valence-electron chi connectivity index (χ3n) is 3.28. The highest BCUT2D eigenvalue weighted by molar-refractivity contribution is 5.92. The van der Waals surface area contributed by atoms with E-state index in [4.69, 9.17) is 0 Å². The minimum Gasteiger partial charge on any atom is -0.351 e. The van der Waals surface area contributed by atoms with Crippen LogP contribution in [0.5, 0.6) is 0 Å². The van der Waals surface area contributed by atoms with Crippen molar-refractivity contribution in [3.63, 3.8) is 0 Å². The van der Waals surface area contributed by atoms with Gasteiger partial charge in [-0.3, -0.25) is 9.79 Å². The molecule has 1 heterocycles. The second-order valence-corrected chi connectivity index (χ2v) is 5.35. The number of nitrogens with one attached hydrogen (secondary N) is 1.